The number of carbonyl (C=O) groups is 1. The second-order valence-electron chi connectivity index (χ2n) is 4.86. The maximum atomic E-state index is 11.6. The van der Waals surface area contributed by atoms with Gasteiger partial charge in [-0.2, -0.15) is 0 Å². The van der Waals surface area contributed by atoms with Crippen molar-refractivity contribution in [2.45, 2.75) is 27.2 Å². The van der Waals surface area contributed by atoms with Gasteiger partial charge in [-0.25, -0.2) is 0 Å². The second kappa shape index (κ2) is 7.79. The Kier molecular flexibility index (Phi) is 6.36. The van der Waals surface area contributed by atoms with Crippen LogP contribution in [0.4, 0.5) is 0 Å². The first-order valence-corrected chi connectivity index (χ1v) is 6.49. The Morgan fingerprint density at radius 3 is 2.47 bits per heavy atom. The van der Waals surface area contributed by atoms with Gasteiger partial charge < -0.3 is 14.2 Å². The summed E-state index contributed by atoms with van der Waals surface area (Å²) in [5.74, 6) is 0.564. The molecule has 0 aliphatic rings. The van der Waals surface area contributed by atoms with Gasteiger partial charge in [0.05, 0.1) is 12.0 Å². The first-order valence-electron chi connectivity index (χ1n) is 6.49. The Bertz CT molecular complexity index is 373. The summed E-state index contributed by atoms with van der Waals surface area (Å²) in [4.78, 5) is 11.6. The summed E-state index contributed by atoms with van der Waals surface area (Å²) in [5, 5.41) is 0. The van der Waals surface area contributed by atoms with E-state index in [1.54, 1.807) is 0 Å². The van der Waals surface area contributed by atoms with Gasteiger partial charge in [0.2, 0.25) is 0 Å². The monoisotopic (exact) mass is 266 g/mol. The topological polar surface area (TPSA) is 44.8 Å². The maximum absolute atomic E-state index is 11.6. The van der Waals surface area contributed by atoms with E-state index in [-0.39, 0.29) is 19.4 Å². The molecule has 0 spiro atoms. The number of esters is 1. The summed E-state index contributed by atoms with van der Waals surface area (Å²) >= 11 is 0. The molecule has 0 heterocycles. The highest BCUT2D eigenvalue weighted by Gasteiger charge is 2.26. The second-order valence-corrected chi connectivity index (χ2v) is 4.86. The lowest BCUT2D eigenvalue weighted by Gasteiger charge is -2.20. The van der Waals surface area contributed by atoms with Crippen molar-refractivity contribution in [3.63, 3.8) is 0 Å². The third-order valence-electron chi connectivity index (χ3n) is 2.95. The fraction of sp³-hybridized carbons (Fsp3) is 0.533. The van der Waals surface area contributed by atoms with Crippen molar-refractivity contribution in [2.24, 2.45) is 5.41 Å². The number of hydrogen-bond donors (Lipinski definition) is 0. The van der Waals surface area contributed by atoms with Crippen molar-refractivity contribution in [2.75, 3.05) is 20.0 Å². The van der Waals surface area contributed by atoms with Gasteiger partial charge in [0.15, 0.2) is 6.79 Å². The van der Waals surface area contributed by atoms with E-state index in [1.165, 1.54) is 0 Å². The fourth-order valence-corrected chi connectivity index (χ4v) is 1.22. The summed E-state index contributed by atoms with van der Waals surface area (Å²) in [6.45, 7) is 6.44. The minimum Gasteiger partial charge on any atom is -0.468 e. The van der Waals surface area contributed by atoms with E-state index in [1.807, 2.05) is 51.1 Å². The standard InChI is InChI=1S/C15H22O4/c1-4-15(2,3)14(16)18-11-10-17-12-19-13-8-6-5-7-9-13/h5-9H,4,10-12H2,1-3H3. The normalized spacial score (nSPS) is 11.1. The van der Waals surface area contributed by atoms with Crippen molar-refractivity contribution in [3.05, 3.63) is 30.3 Å². The molecule has 0 atom stereocenters. The van der Waals surface area contributed by atoms with E-state index in [0.29, 0.717) is 6.61 Å². The maximum Gasteiger partial charge on any atom is 0.311 e. The summed E-state index contributed by atoms with van der Waals surface area (Å²) in [6, 6.07) is 9.41. The van der Waals surface area contributed by atoms with E-state index in [9.17, 15) is 4.79 Å². The largest absolute Gasteiger partial charge is 0.468 e. The lowest BCUT2D eigenvalue weighted by Crippen LogP contribution is -2.27. The Hall–Kier alpha value is -1.55. The van der Waals surface area contributed by atoms with Crippen LogP contribution in [0.15, 0.2) is 30.3 Å². The van der Waals surface area contributed by atoms with Crippen molar-refractivity contribution in [1.29, 1.82) is 0 Å². The molecule has 0 aliphatic heterocycles. The molecule has 0 unspecified atom stereocenters. The molecule has 4 heteroatoms. The number of ether oxygens (including phenoxy) is 3. The molecule has 19 heavy (non-hydrogen) atoms. The van der Waals surface area contributed by atoms with Gasteiger partial charge in [-0.05, 0) is 32.4 Å². The van der Waals surface area contributed by atoms with E-state index in [2.05, 4.69) is 0 Å². The van der Waals surface area contributed by atoms with Crippen LogP contribution in [-0.4, -0.2) is 26.0 Å². The molecule has 1 aromatic carbocycles. The molecule has 0 aliphatic carbocycles. The van der Waals surface area contributed by atoms with Gasteiger partial charge in [0, 0.05) is 0 Å². The zero-order chi connectivity index (χ0) is 14.1. The molecule has 0 N–H and O–H groups in total. The Morgan fingerprint density at radius 1 is 1.16 bits per heavy atom. The van der Waals surface area contributed by atoms with Gasteiger partial charge in [0.25, 0.3) is 0 Å². The van der Waals surface area contributed by atoms with E-state index in [0.717, 1.165) is 12.2 Å². The smallest absolute Gasteiger partial charge is 0.311 e. The first-order chi connectivity index (χ1) is 9.06. The predicted octanol–water partition coefficient (Wildman–Crippen LogP) is 3.02. The molecule has 0 amide bonds. The predicted molar refractivity (Wildman–Crippen MR) is 72.9 cm³/mol. The summed E-state index contributed by atoms with van der Waals surface area (Å²) in [6.07, 6.45) is 0.754. The van der Waals surface area contributed by atoms with Crippen LogP contribution in [0.3, 0.4) is 0 Å². The average molecular weight is 266 g/mol. The number of hydrogen-bond acceptors (Lipinski definition) is 4. The van der Waals surface area contributed by atoms with Crippen molar-refractivity contribution in [3.8, 4) is 5.75 Å². The highest BCUT2D eigenvalue weighted by Crippen LogP contribution is 2.21. The number of carbonyl (C=O) groups excluding carboxylic acids is 1. The number of para-hydroxylation sites is 1. The molecule has 0 bridgehead atoms. The SMILES string of the molecule is CCC(C)(C)C(=O)OCCOCOc1ccccc1. The Morgan fingerprint density at radius 2 is 1.84 bits per heavy atom. The molecular weight excluding hydrogens is 244 g/mol. The molecular formula is C15H22O4. The minimum atomic E-state index is -0.430. The molecule has 0 saturated heterocycles. The molecule has 4 nitrogen and oxygen atoms in total. The van der Waals surface area contributed by atoms with Gasteiger partial charge in [-0.1, -0.05) is 25.1 Å². The lowest BCUT2D eigenvalue weighted by atomic mass is 9.91. The summed E-state index contributed by atoms with van der Waals surface area (Å²) < 4.78 is 15.7. The molecule has 0 fully saturated rings. The van der Waals surface area contributed by atoms with Gasteiger partial charge in [-0.3, -0.25) is 4.79 Å². The lowest BCUT2D eigenvalue weighted by molar-refractivity contribution is -0.156. The number of rotatable bonds is 8. The minimum absolute atomic E-state index is 0.152. The first kappa shape index (κ1) is 15.5. The average Bonchev–Trinajstić information content (AvgIpc) is 2.43. The van der Waals surface area contributed by atoms with Crippen LogP contribution in [0.2, 0.25) is 0 Å². The van der Waals surface area contributed by atoms with Gasteiger partial charge in [-0.15, -0.1) is 0 Å². The van der Waals surface area contributed by atoms with E-state index in [4.69, 9.17) is 14.2 Å². The van der Waals surface area contributed by atoms with Crippen LogP contribution in [0, 0.1) is 5.41 Å². The molecule has 0 saturated carbocycles. The van der Waals surface area contributed by atoms with Crippen LogP contribution in [0.25, 0.3) is 0 Å². The third-order valence-corrected chi connectivity index (χ3v) is 2.95. The van der Waals surface area contributed by atoms with Crippen LogP contribution in [0.5, 0.6) is 5.75 Å². The van der Waals surface area contributed by atoms with Crippen LogP contribution < -0.4 is 4.74 Å². The fourth-order valence-electron chi connectivity index (χ4n) is 1.22. The van der Waals surface area contributed by atoms with Gasteiger partial charge in [0.1, 0.15) is 12.4 Å². The van der Waals surface area contributed by atoms with Crippen LogP contribution in [-0.2, 0) is 14.3 Å². The van der Waals surface area contributed by atoms with Crippen LogP contribution in [0.1, 0.15) is 27.2 Å². The molecule has 1 aromatic rings. The molecule has 106 valence electrons. The number of benzene rings is 1. The summed E-state index contributed by atoms with van der Waals surface area (Å²) in [7, 11) is 0. The Labute approximate surface area is 114 Å². The molecule has 0 radical (unpaired) electrons. The highest BCUT2D eigenvalue weighted by atomic mass is 16.7. The molecule has 1 rings (SSSR count). The van der Waals surface area contributed by atoms with E-state index >= 15 is 0 Å². The molecule has 0 aromatic heterocycles. The zero-order valence-corrected chi connectivity index (χ0v) is 11.8. The summed E-state index contributed by atoms with van der Waals surface area (Å²) in [5.41, 5.74) is -0.430. The van der Waals surface area contributed by atoms with Crippen LogP contribution >= 0.6 is 0 Å². The van der Waals surface area contributed by atoms with Crippen molar-refractivity contribution >= 4 is 5.97 Å². The third kappa shape index (κ3) is 5.75. The van der Waals surface area contributed by atoms with Crippen molar-refractivity contribution < 1.29 is 19.0 Å². The van der Waals surface area contributed by atoms with Crippen molar-refractivity contribution in [1.82, 2.24) is 0 Å². The Balaban J connectivity index is 2.07. The zero-order valence-electron chi connectivity index (χ0n) is 11.8. The van der Waals surface area contributed by atoms with E-state index < -0.39 is 5.41 Å². The van der Waals surface area contributed by atoms with Gasteiger partial charge >= 0.3 is 5.97 Å². The highest BCUT2D eigenvalue weighted by molar-refractivity contribution is 5.75. The quantitative estimate of drug-likeness (QED) is 0.412.